The van der Waals surface area contributed by atoms with Crippen LogP contribution in [0.1, 0.15) is 0 Å². The summed E-state index contributed by atoms with van der Waals surface area (Å²) >= 11 is 0. The maximum Gasteiger partial charge on any atom is 0.126 e. The molecule has 0 fully saturated rings. The quantitative estimate of drug-likeness (QED) is 0.669. The van der Waals surface area contributed by atoms with Gasteiger partial charge in [-0.1, -0.05) is 72.4 Å². The van der Waals surface area contributed by atoms with Crippen LogP contribution in [0.4, 0.5) is 0 Å². The van der Waals surface area contributed by atoms with Crippen molar-refractivity contribution in [3.8, 4) is 5.75 Å². The molecule has 0 heterocycles. The van der Waals surface area contributed by atoms with Crippen LogP contribution in [0.5, 0.6) is 5.75 Å². The van der Waals surface area contributed by atoms with E-state index in [0.717, 1.165) is 5.75 Å². The van der Waals surface area contributed by atoms with Crippen LogP contribution in [0.2, 0.25) is 6.55 Å². The summed E-state index contributed by atoms with van der Waals surface area (Å²) in [5, 5.41) is 5.39. The van der Waals surface area contributed by atoms with Crippen molar-refractivity contribution in [1.82, 2.24) is 0 Å². The molecular formula is C18H17OSi. The summed E-state index contributed by atoms with van der Waals surface area (Å²) < 4.78 is 5.48. The fourth-order valence-electron chi connectivity index (χ4n) is 2.62. The molecule has 1 radical (unpaired) electrons. The number of fused-ring (bicyclic) bond motifs is 1. The molecule has 0 spiro atoms. The summed E-state index contributed by atoms with van der Waals surface area (Å²) in [6.45, 7) is 2.36. The molecule has 99 valence electrons. The number of methoxy groups -OCH3 is 1. The second-order valence-electron chi connectivity index (χ2n) is 4.85. The Bertz CT molecular complexity index is 722. The molecule has 20 heavy (non-hydrogen) atoms. The van der Waals surface area contributed by atoms with Gasteiger partial charge < -0.3 is 4.74 Å². The first-order chi connectivity index (χ1) is 9.81. The van der Waals surface area contributed by atoms with Gasteiger partial charge in [0.2, 0.25) is 0 Å². The van der Waals surface area contributed by atoms with Gasteiger partial charge in [-0.25, -0.2) is 0 Å². The van der Waals surface area contributed by atoms with Gasteiger partial charge in [-0.05, 0) is 16.6 Å². The van der Waals surface area contributed by atoms with Crippen LogP contribution in [0.15, 0.2) is 66.7 Å². The monoisotopic (exact) mass is 277 g/mol. The van der Waals surface area contributed by atoms with Crippen molar-refractivity contribution in [3.05, 3.63) is 66.7 Å². The van der Waals surface area contributed by atoms with Gasteiger partial charge >= 0.3 is 0 Å². The van der Waals surface area contributed by atoms with E-state index < -0.39 is 8.80 Å². The summed E-state index contributed by atoms with van der Waals surface area (Å²) in [7, 11) is 0.983. The highest BCUT2D eigenvalue weighted by Gasteiger charge is 2.15. The summed E-state index contributed by atoms with van der Waals surface area (Å²) in [5.74, 6) is 0.951. The fourth-order valence-corrected chi connectivity index (χ4v) is 4.58. The van der Waals surface area contributed by atoms with E-state index in [1.807, 2.05) is 0 Å². The van der Waals surface area contributed by atoms with Crippen molar-refractivity contribution < 1.29 is 4.74 Å². The lowest BCUT2D eigenvalue weighted by Gasteiger charge is -2.15. The van der Waals surface area contributed by atoms with Crippen LogP contribution in [-0.4, -0.2) is 15.9 Å². The largest absolute Gasteiger partial charge is 0.496 e. The van der Waals surface area contributed by atoms with Crippen LogP contribution < -0.4 is 15.1 Å². The predicted molar refractivity (Wildman–Crippen MR) is 87.8 cm³/mol. The average Bonchev–Trinajstić information content (AvgIpc) is 2.54. The number of hydrogen-bond donors (Lipinski definition) is 0. The first-order valence-electron chi connectivity index (χ1n) is 6.76. The Labute approximate surface area is 121 Å². The highest BCUT2D eigenvalue weighted by atomic mass is 28.3. The zero-order chi connectivity index (χ0) is 13.9. The molecule has 3 aromatic carbocycles. The molecule has 0 bridgehead atoms. The van der Waals surface area contributed by atoms with E-state index in [4.69, 9.17) is 4.74 Å². The maximum atomic E-state index is 5.48. The summed E-state index contributed by atoms with van der Waals surface area (Å²) in [5.41, 5.74) is 0. The predicted octanol–water partition coefficient (Wildman–Crippen LogP) is 3.09. The number of ether oxygens (including phenoxy) is 1. The van der Waals surface area contributed by atoms with Gasteiger partial charge in [-0.3, -0.25) is 0 Å². The Hall–Kier alpha value is -2.06. The lowest BCUT2D eigenvalue weighted by molar-refractivity contribution is 0.420. The minimum atomic E-state index is -0.750. The topological polar surface area (TPSA) is 9.23 Å². The summed E-state index contributed by atoms with van der Waals surface area (Å²) in [4.78, 5) is 0. The minimum absolute atomic E-state index is 0.750. The molecule has 3 rings (SSSR count). The molecule has 0 unspecified atom stereocenters. The van der Waals surface area contributed by atoms with Crippen molar-refractivity contribution >= 4 is 29.9 Å². The van der Waals surface area contributed by atoms with Gasteiger partial charge in [0.1, 0.15) is 14.5 Å². The normalized spacial score (nSPS) is 10.9. The molecule has 0 aliphatic carbocycles. The third-order valence-electron chi connectivity index (χ3n) is 3.71. The van der Waals surface area contributed by atoms with E-state index >= 15 is 0 Å². The van der Waals surface area contributed by atoms with Gasteiger partial charge in [-0.2, -0.15) is 0 Å². The number of rotatable bonds is 3. The molecule has 0 aliphatic rings. The van der Waals surface area contributed by atoms with Gasteiger partial charge in [0.15, 0.2) is 0 Å². The van der Waals surface area contributed by atoms with E-state index in [1.54, 1.807) is 7.11 Å². The van der Waals surface area contributed by atoms with Gasteiger partial charge in [-0.15, -0.1) is 0 Å². The SMILES string of the molecule is COc1ccc([Si](C)c2ccccc2)c2ccccc12. The molecule has 0 saturated carbocycles. The van der Waals surface area contributed by atoms with Crippen LogP contribution in [0.3, 0.4) is 0 Å². The zero-order valence-corrected chi connectivity index (χ0v) is 12.8. The van der Waals surface area contributed by atoms with E-state index in [-0.39, 0.29) is 0 Å². The fraction of sp³-hybridized carbons (Fsp3) is 0.111. The van der Waals surface area contributed by atoms with Crippen molar-refractivity contribution in [2.45, 2.75) is 6.55 Å². The van der Waals surface area contributed by atoms with E-state index in [2.05, 4.69) is 73.3 Å². The molecule has 0 aliphatic heterocycles. The Morgan fingerprint density at radius 1 is 0.750 bits per heavy atom. The van der Waals surface area contributed by atoms with E-state index in [0.29, 0.717) is 0 Å². The summed E-state index contributed by atoms with van der Waals surface area (Å²) in [6, 6.07) is 23.6. The lowest BCUT2D eigenvalue weighted by Crippen LogP contribution is -2.39. The molecule has 2 heteroatoms. The van der Waals surface area contributed by atoms with Gasteiger partial charge in [0.25, 0.3) is 0 Å². The third kappa shape index (κ3) is 2.23. The Balaban J connectivity index is 2.18. The molecule has 0 atom stereocenters. The average molecular weight is 277 g/mol. The highest BCUT2D eigenvalue weighted by molar-refractivity contribution is 6.85. The molecule has 0 N–H and O–H groups in total. The van der Waals surface area contributed by atoms with Crippen LogP contribution in [0, 0.1) is 0 Å². The van der Waals surface area contributed by atoms with Crippen LogP contribution in [0.25, 0.3) is 10.8 Å². The maximum absolute atomic E-state index is 5.48. The number of hydrogen-bond acceptors (Lipinski definition) is 1. The summed E-state index contributed by atoms with van der Waals surface area (Å²) in [6.07, 6.45) is 0. The molecule has 0 saturated heterocycles. The van der Waals surface area contributed by atoms with Gasteiger partial charge in [0.05, 0.1) is 7.11 Å². The smallest absolute Gasteiger partial charge is 0.126 e. The van der Waals surface area contributed by atoms with Crippen LogP contribution in [-0.2, 0) is 0 Å². The third-order valence-corrected chi connectivity index (χ3v) is 6.16. The van der Waals surface area contributed by atoms with E-state index in [9.17, 15) is 0 Å². The second kappa shape index (κ2) is 5.51. The van der Waals surface area contributed by atoms with Gasteiger partial charge in [0, 0.05) is 5.39 Å². The first kappa shape index (κ1) is 12.9. The van der Waals surface area contributed by atoms with Crippen molar-refractivity contribution in [3.63, 3.8) is 0 Å². The van der Waals surface area contributed by atoms with Crippen molar-refractivity contribution in [2.75, 3.05) is 7.11 Å². The molecule has 3 aromatic rings. The standard InChI is InChI=1S/C18H17OSi/c1-19-17-12-13-18(16-11-7-6-10-15(16)17)20(2)14-8-4-3-5-9-14/h3-13H,1-2H3. The Kier molecular flexibility index (Phi) is 3.57. The minimum Gasteiger partial charge on any atom is -0.496 e. The Morgan fingerprint density at radius 2 is 1.40 bits per heavy atom. The van der Waals surface area contributed by atoms with Crippen molar-refractivity contribution in [1.29, 1.82) is 0 Å². The van der Waals surface area contributed by atoms with Crippen molar-refractivity contribution in [2.24, 2.45) is 0 Å². The van der Waals surface area contributed by atoms with Crippen LogP contribution >= 0.6 is 0 Å². The number of benzene rings is 3. The second-order valence-corrected chi connectivity index (χ2v) is 7.22. The molecule has 0 amide bonds. The lowest BCUT2D eigenvalue weighted by atomic mass is 10.1. The molecule has 0 aromatic heterocycles. The zero-order valence-electron chi connectivity index (χ0n) is 11.8. The molecule has 1 nitrogen and oxygen atoms in total. The van der Waals surface area contributed by atoms with E-state index in [1.165, 1.54) is 21.1 Å². The highest BCUT2D eigenvalue weighted by Crippen LogP contribution is 2.23. The Morgan fingerprint density at radius 3 is 2.10 bits per heavy atom. The first-order valence-corrected chi connectivity index (χ1v) is 8.76. The molecular weight excluding hydrogens is 260 g/mol.